The van der Waals surface area contributed by atoms with E-state index in [0.717, 1.165) is 6.42 Å². The predicted molar refractivity (Wildman–Crippen MR) is 134 cm³/mol. The molecule has 0 unspecified atom stereocenters. The number of carbonyl (C=O) groups excluding carboxylic acids is 3. The van der Waals surface area contributed by atoms with Gasteiger partial charge in [0.05, 0.1) is 6.61 Å². The largest absolute Gasteiger partial charge is 0.471 e. The standard InChI is InChI=1S/C26H34F3N5O5/c1-15-10-11-34(24(37)38-14-25(3,4)5)19(12-15)22(36)31-16(2)21(35)30-13-17-6-8-18(9-7-17)20-32-23(39-33-20)26(27,28)29/h6-9,15-16,19H,10-14H2,1-5H3,(H,30,35)(H,31,36)/t15-,16-,19+/m0/s1. The Morgan fingerprint density at radius 3 is 2.44 bits per heavy atom. The fourth-order valence-electron chi connectivity index (χ4n) is 3.91. The summed E-state index contributed by atoms with van der Waals surface area (Å²) in [5, 5.41) is 8.74. The number of hydrogen-bond acceptors (Lipinski definition) is 7. The molecule has 0 bridgehead atoms. The van der Waals surface area contributed by atoms with Gasteiger partial charge in [0, 0.05) is 18.7 Å². The van der Waals surface area contributed by atoms with Crippen molar-refractivity contribution in [1.29, 1.82) is 0 Å². The van der Waals surface area contributed by atoms with Crippen molar-refractivity contribution in [2.45, 2.75) is 72.3 Å². The van der Waals surface area contributed by atoms with Gasteiger partial charge in [-0.15, -0.1) is 0 Å². The van der Waals surface area contributed by atoms with Crippen molar-refractivity contribution < 1.29 is 36.8 Å². The first-order chi connectivity index (χ1) is 18.1. The molecule has 3 rings (SSSR count). The normalized spacial score (nSPS) is 18.8. The Balaban J connectivity index is 1.54. The van der Waals surface area contributed by atoms with Gasteiger partial charge in [-0.2, -0.15) is 18.2 Å². The van der Waals surface area contributed by atoms with E-state index in [0.29, 0.717) is 24.1 Å². The van der Waals surface area contributed by atoms with Crippen molar-refractivity contribution in [1.82, 2.24) is 25.7 Å². The van der Waals surface area contributed by atoms with Crippen LogP contribution in [0.2, 0.25) is 0 Å². The highest BCUT2D eigenvalue weighted by molar-refractivity contribution is 5.91. The van der Waals surface area contributed by atoms with E-state index < -0.39 is 42.1 Å². The molecule has 1 fully saturated rings. The van der Waals surface area contributed by atoms with Gasteiger partial charge < -0.3 is 19.9 Å². The van der Waals surface area contributed by atoms with Gasteiger partial charge in [-0.3, -0.25) is 14.5 Å². The summed E-state index contributed by atoms with van der Waals surface area (Å²) in [5.41, 5.74) is 0.767. The summed E-state index contributed by atoms with van der Waals surface area (Å²) in [5.74, 6) is -2.28. The highest BCUT2D eigenvalue weighted by Crippen LogP contribution is 2.29. The Labute approximate surface area is 224 Å². The molecule has 1 aliphatic rings. The van der Waals surface area contributed by atoms with Crippen LogP contribution in [0.5, 0.6) is 0 Å². The summed E-state index contributed by atoms with van der Waals surface area (Å²) in [4.78, 5) is 43.1. The molecule has 1 aromatic carbocycles. The van der Waals surface area contributed by atoms with E-state index in [1.165, 1.54) is 17.0 Å². The highest BCUT2D eigenvalue weighted by atomic mass is 19.4. The van der Waals surface area contributed by atoms with Crippen LogP contribution in [0.3, 0.4) is 0 Å². The SMILES string of the molecule is C[C@H]1CCN(C(=O)OCC(C)(C)C)[C@@H](C(=O)N[C@@H](C)C(=O)NCc2ccc(-c3noc(C(F)(F)F)n3)cc2)C1. The Bertz CT molecular complexity index is 1160. The number of alkyl halides is 3. The third-order valence-corrected chi connectivity index (χ3v) is 6.13. The summed E-state index contributed by atoms with van der Waals surface area (Å²) in [7, 11) is 0. The molecule has 0 spiro atoms. The number of likely N-dealkylation sites (tertiary alicyclic amines) is 1. The summed E-state index contributed by atoms with van der Waals surface area (Å²) < 4.78 is 47.6. The molecular formula is C26H34F3N5O5. The van der Waals surface area contributed by atoms with Crippen LogP contribution in [0, 0.1) is 11.3 Å². The fraction of sp³-hybridized carbons (Fsp3) is 0.577. The third-order valence-electron chi connectivity index (χ3n) is 6.13. The molecule has 0 saturated carbocycles. The van der Waals surface area contributed by atoms with E-state index in [4.69, 9.17) is 4.74 Å². The minimum atomic E-state index is -4.73. The predicted octanol–water partition coefficient (Wildman–Crippen LogP) is 4.16. The molecule has 1 aromatic heterocycles. The summed E-state index contributed by atoms with van der Waals surface area (Å²) in [6, 6.07) is 4.61. The molecule has 0 radical (unpaired) electrons. The zero-order valence-electron chi connectivity index (χ0n) is 22.6. The molecule has 3 amide bonds. The minimum Gasteiger partial charge on any atom is -0.449 e. The number of hydrogen-bond donors (Lipinski definition) is 2. The Kier molecular flexibility index (Phi) is 9.23. The lowest BCUT2D eigenvalue weighted by molar-refractivity contribution is -0.159. The molecule has 10 nitrogen and oxygen atoms in total. The molecule has 2 heterocycles. The monoisotopic (exact) mass is 553 g/mol. The van der Waals surface area contributed by atoms with Crippen LogP contribution in [-0.4, -0.2) is 58.2 Å². The average Bonchev–Trinajstić information content (AvgIpc) is 3.37. The Morgan fingerprint density at radius 1 is 1.18 bits per heavy atom. The molecule has 3 atom stereocenters. The van der Waals surface area contributed by atoms with Crippen LogP contribution in [0.15, 0.2) is 28.8 Å². The first-order valence-corrected chi connectivity index (χ1v) is 12.7. The van der Waals surface area contributed by atoms with Gasteiger partial charge >= 0.3 is 18.2 Å². The number of nitrogens with one attached hydrogen (secondary N) is 2. The Morgan fingerprint density at radius 2 is 1.85 bits per heavy atom. The summed E-state index contributed by atoms with van der Waals surface area (Å²) in [6.45, 7) is 10.1. The number of amides is 3. The molecule has 13 heteroatoms. The van der Waals surface area contributed by atoms with Crippen LogP contribution in [0.4, 0.5) is 18.0 Å². The van der Waals surface area contributed by atoms with E-state index >= 15 is 0 Å². The fourth-order valence-corrected chi connectivity index (χ4v) is 3.91. The van der Waals surface area contributed by atoms with E-state index in [2.05, 4.69) is 25.3 Å². The van der Waals surface area contributed by atoms with E-state index in [1.807, 2.05) is 27.7 Å². The zero-order valence-corrected chi connectivity index (χ0v) is 22.6. The lowest BCUT2D eigenvalue weighted by atomic mass is 9.92. The van der Waals surface area contributed by atoms with Crippen molar-refractivity contribution in [3.05, 3.63) is 35.7 Å². The smallest absolute Gasteiger partial charge is 0.449 e. The molecule has 1 aliphatic heterocycles. The second kappa shape index (κ2) is 12.0. The maximum Gasteiger partial charge on any atom is 0.471 e. The zero-order chi connectivity index (χ0) is 29.0. The first-order valence-electron chi connectivity index (χ1n) is 12.7. The van der Waals surface area contributed by atoms with Gasteiger partial charge in [-0.1, -0.05) is 57.1 Å². The lowest BCUT2D eigenvalue weighted by Crippen LogP contribution is -2.56. The van der Waals surface area contributed by atoms with E-state index in [-0.39, 0.29) is 30.3 Å². The summed E-state index contributed by atoms with van der Waals surface area (Å²) in [6.07, 6.45) is -4.07. The molecule has 2 aromatic rings. The van der Waals surface area contributed by atoms with Crippen LogP contribution < -0.4 is 10.6 Å². The van der Waals surface area contributed by atoms with Crippen molar-refractivity contribution in [3.8, 4) is 11.4 Å². The maximum atomic E-state index is 13.1. The van der Waals surface area contributed by atoms with Crippen LogP contribution in [0.1, 0.15) is 58.9 Å². The van der Waals surface area contributed by atoms with E-state index in [9.17, 15) is 27.6 Å². The van der Waals surface area contributed by atoms with Gasteiger partial charge in [0.1, 0.15) is 12.1 Å². The maximum absolute atomic E-state index is 13.1. The van der Waals surface area contributed by atoms with Crippen molar-refractivity contribution in [2.75, 3.05) is 13.2 Å². The second-order valence-corrected chi connectivity index (χ2v) is 11.0. The molecule has 0 aliphatic carbocycles. The van der Waals surface area contributed by atoms with Crippen LogP contribution >= 0.6 is 0 Å². The molecule has 1 saturated heterocycles. The van der Waals surface area contributed by atoms with Gasteiger partial charge in [-0.25, -0.2) is 4.79 Å². The van der Waals surface area contributed by atoms with E-state index in [1.54, 1.807) is 19.1 Å². The topological polar surface area (TPSA) is 127 Å². The van der Waals surface area contributed by atoms with Crippen molar-refractivity contribution in [3.63, 3.8) is 0 Å². The van der Waals surface area contributed by atoms with Crippen molar-refractivity contribution >= 4 is 17.9 Å². The highest BCUT2D eigenvalue weighted by Gasteiger charge is 2.39. The second-order valence-electron chi connectivity index (χ2n) is 11.0. The van der Waals surface area contributed by atoms with Gasteiger partial charge in [0.2, 0.25) is 17.6 Å². The molecule has 39 heavy (non-hydrogen) atoms. The average molecular weight is 554 g/mol. The van der Waals surface area contributed by atoms with Gasteiger partial charge in [0.15, 0.2) is 0 Å². The first kappa shape index (κ1) is 29.9. The molecule has 214 valence electrons. The number of benzene rings is 1. The number of piperidine rings is 1. The van der Waals surface area contributed by atoms with Gasteiger partial charge in [-0.05, 0) is 36.7 Å². The lowest BCUT2D eigenvalue weighted by Gasteiger charge is -2.37. The number of ether oxygens (including phenoxy) is 1. The molecule has 2 N–H and O–H groups in total. The number of halogens is 3. The summed E-state index contributed by atoms with van der Waals surface area (Å²) >= 11 is 0. The quantitative estimate of drug-likeness (QED) is 0.527. The van der Waals surface area contributed by atoms with Crippen LogP contribution in [0.25, 0.3) is 11.4 Å². The van der Waals surface area contributed by atoms with Gasteiger partial charge in [0.25, 0.3) is 0 Å². The number of nitrogens with zero attached hydrogens (tertiary/aromatic N) is 3. The number of rotatable bonds is 7. The third kappa shape index (κ3) is 8.42. The molecular weight excluding hydrogens is 519 g/mol. The van der Waals surface area contributed by atoms with Crippen LogP contribution in [-0.2, 0) is 27.0 Å². The van der Waals surface area contributed by atoms with Crippen molar-refractivity contribution in [2.24, 2.45) is 11.3 Å². The number of carbonyl (C=O) groups is 3. The number of aromatic nitrogens is 2. The Hall–Kier alpha value is -3.64. The minimum absolute atomic E-state index is 0.116.